The number of amides is 1. The van der Waals surface area contributed by atoms with Crippen LogP contribution < -0.4 is 5.32 Å². The van der Waals surface area contributed by atoms with Gasteiger partial charge in [-0.3, -0.25) is 4.79 Å². The zero-order valence-corrected chi connectivity index (χ0v) is 13.9. The van der Waals surface area contributed by atoms with Gasteiger partial charge in [-0.2, -0.15) is 0 Å². The van der Waals surface area contributed by atoms with E-state index in [9.17, 15) is 4.79 Å². The molecular formula is C18H15ClN2OS. The van der Waals surface area contributed by atoms with Crippen molar-refractivity contribution in [2.24, 2.45) is 0 Å². The minimum Gasteiger partial charge on any atom is -0.352 e. The van der Waals surface area contributed by atoms with E-state index in [0.29, 0.717) is 23.6 Å². The van der Waals surface area contributed by atoms with Crippen molar-refractivity contribution < 1.29 is 4.79 Å². The van der Waals surface area contributed by atoms with Crippen molar-refractivity contribution in [3.05, 3.63) is 75.6 Å². The number of nitrogens with zero attached hydrogens (tertiary/aromatic N) is 1. The lowest BCUT2D eigenvalue weighted by Gasteiger charge is -2.04. The van der Waals surface area contributed by atoms with Crippen molar-refractivity contribution in [2.45, 2.75) is 6.42 Å². The Balaban J connectivity index is 1.55. The van der Waals surface area contributed by atoms with Gasteiger partial charge in [0.25, 0.3) is 5.91 Å². The van der Waals surface area contributed by atoms with Crippen LogP contribution in [0.1, 0.15) is 15.4 Å². The summed E-state index contributed by atoms with van der Waals surface area (Å²) in [6, 6.07) is 17.0. The van der Waals surface area contributed by atoms with Crippen molar-refractivity contribution >= 4 is 28.8 Å². The minimum absolute atomic E-state index is 0.118. The first-order chi connectivity index (χ1) is 11.2. The van der Waals surface area contributed by atoms with Gasteiger partial charge in [-0.1, -0.05) is 48.0 Å². The number of halogens is 1. The van der Waals surface area contributed by atoms with E-state index in [1.807, 2.05) is 35.7 Å². The van der Waals surface area contributed by atoms with Crippen LogP contribution in [0.25, 0.3) is 11.3 Å². The molecular weight excluding hydrogens is 328 g/mol. The fourth-order valence-electron chi connectivity index (χ4n) is 2.18. The average Bonchev–Trinajstić information content (AvgIpc) is 3.04. The maximum Gasteiger partial charge on any atom is 0.251 e. The van der Waals surface area contributed by atoms with Gasteiger partial charge in [0.1, 0.15) is 0 Å². The van der Waals surface area contributed by atoms with Crippen molar-refractivity contribution in [1.82, 2.24) is 10.3 Å². The summed E-state index contributed by atoms with van der Waals surface area (Å²) < 4.78 is 0. The molecule has 0 aliphatic heterocycles. The lowest BCUT2D eigenvalue weighted by atomic mass is 10.2. The highest BCUT2D eigenvalue weighted by molar-refractivity contribution is 7.09. The molecule has 1 aromatic heterocycles. The molecule has 0 saturated carbocycles. The Morgan fingerprint density at radius 3 is 2.74 bits per heavy atom. The molecule has 3 aromatic rings. The second kappa shape index (κ2) is 7.40. The van der Waals surface area contributed by atoms with Gasteiger partial charge in [0.05, 0.1) is 10.7 Å². The molecule has 116 valence electrons. The number of thiazole rings is 1. The topological polar surface area (TPSA) is 42.0 Å². The van der Waals surface area contributed by atoms with E-state index in [4.69, 9.17) is 11.6 Å². The zero-order chi connectivity index (χ0) is 16.1. The number of nitrogens with one attached hydrogen (secondary N) is 1. The van der Waals surface area contributed by atoms with Crippen molar-refractivity contribution in [1.29, 1.82) is 0 Å². The second-order valence-electron chi connectivity index (χ2n) is 5.01. The third kappa shape index (κ3) is 4.18. The number of aromatic nitrogens is 1. The summed E-state index contributed by atoms with van der Waals surface area (Å²) in [5.41, 5.74) is 2.66. The van der Waals surface area contributed by atoms with Gasteiger partial charge in [-0.05, 0) is 18.2 Å². The van der Waals surface area contributed by atoms with Gasteiger partial charge >= 0.3 is 0 Å². The molecule has 0 bridgehead atoms. The molecule has 0 atom stereocenters. The third-order valence-electron chi connectivity index (χ3n) is 3.33. The third-order valence-corrected chi connectivity index (χ3v) is 4.48. The first kappa shape index (κ1) is 15.7. The largest absolute Gasteiger partial charge is 0.352 e. The van der Waals surface area contributed by atoms with Crippen LogP contribution in [0.3, 0.4) is 0 Å². The van der Waals surface area contributed by atoms with E-state index in [-0.39, 0.29) is 5.91 Å². The molecule has 0 aliphatic carbocycles. The summed E-state index contributed by atoms with van der Waals surface area (Å²) in [7, 11) is 0. The van der Waals surface area contributed by atoms with Crippen LogP contribution in [0.2, 0.25) is 5.02 Å². The number of carbonyl (C=O) groups excluding carboxylic acids is 1. The van der Waals surface area contributed by atoms with E-state index in [1.54, 1.807) is 35.6 Å². The Bertz CT molecular complexity index is 802. The number of rotatable bonds is 5. The monoisotopic (exact) mass is 342 g/mol. The standard InChI is InChI=1S/C18H15ClN2OS/c19-15-8-4-7-14(11-15)18(22)20-10-9-17-21-16(12-23-17)13-5-2-1-3-6-13/h1-8,11-12H,9-10H2,(H,20,22). The summed E-state index contributed by atoms with van der Waals surface area (Å²) >= 11 is 7.50. The van der Waals surface area contributed by atoms with Crippen molar-refractivity contribution in [3.8, 4) is 11.3 Å². The van der Waals surface area contributed by atoms with Crippen LogP contribution in [-0.2, 0) is 6.42 Å². The van der Waals surface area contributed by atoms with Gasteiger partial charge in [-0.25, -0.2) is 4.98 Å². The smallest absolute Gasteiger partial charge is 0.251 e. The lowest BCUT2D eigenvalue weighted by molar-refractivity contribution is 0.0954. The summed E-state index contributed by atoms with van der Waals surface area (Å²) in [6.07, 6.45) is 0.712. The predicted molar refractivity (Wildman–Crippen MR) is 95.0 cm³/mol. The molecule has 3 rings (SSSR count). The molecule has 3 nitrogen and oxygen atoms in total. The van der Waals surface area contributed by atoms with Gasteiger partial charge in [0.2, 0.25) is 0 Å². The van der Waals surface area contributed by atoms with Crippen LogP contribution in [0, 0.1) is 0 Å². The number of benzene rings is 2. The normalized spacial score (nSPS) is 10.5. The highest BCUT2D eigenvalue weighted by atomic mass is 35.5. The molecule has 1 amide bonds. The predicted octanol–water partition coefficient (Wildman–Crippen LogP) is 4.44. The summed E-state index contributed by atoms with van der Waals surface area (Å²) in [6.45, 7) is 0.549. The molecule has 0 saturated heterocycles. The van der Waals surface area contributed by atoms with E-state index in [1.165, 1.54) is 0 Å². The fourth-order valence-corrected chi connectivity index (χ4v) is 3.18. The van der Waals surface area contributed by atoms with E-state index < -0.39 is 0 Å². The molecule has 0 radical (unpaired) electrons. The molecule has 1 N–H and O–H groups in total. The zero-order valence-electron chi connectivity index (χ0n) is 12.3. The average molecular weight is 343 g/mol. The number of hydrogen-bond donors (Lipinski definition) is 1. The van der Waals surface area contributed by atoms with E-state index in [0.717, 1.165) is 16.3 Å². The second-order valence-corrected chi connectivity index (χ2v) is 6.39. The molecule has 2 aromatic carbocycles. The van der Waals surface area contributed by atoms with Crippen LogP contribution >= 0.6 is 22.9 Å². The SMILES string of the molecule is O=C(NCCc1nc(-c2ccccc2)cs1)c1cccc(Cl)c1. The first-order valence-corrected chi connectivity index (χ1v) is 8.52. The van der Waals surface area contributed by atoms with Gasteiger partial charge in [-0.15, -0.1) is 11.3 Å². The van der Waals surface area contributed by atoms with E-state index >= 15 is 0 Å². The van der Waals surface area contributed by atoms with Gasteiger partial charge < -0.3 is 5.32 Å². The fraction of sp³-hybridized carbons (Fsp3) is 0.111. The minimum atomic E-state index is -0.118. The van der Waals surface area contributed by atoms with E-state index in [2.05, 4.69) is 10.3 Å². The quantitative estimate of drug-likeness (QED) is 0.745. The van der Waals surface area contributed by atoms with Crippen molar-refractivity contribution in [2.75, 3.05) is 6.54 Å². The number of hydrogen-bond acceptors (Lipinski definition) is 3. The summed E-state index contributed by atoms with van der Waals surface area (Å²) in [4.78, 5) is 16.6. The lowest BCUT2D eigenvalue weighted by Crippen LogP contribution is -2.25. The molecule has 0 spiro atoms. The highest BCUT2D eigenvalue weighted by Crippen LogP contribution is 2.21. The maximum atomic E-state index is 12.0. The number of carbonyl (C=O) groups is 1. The Morgan fingerprint density at radius 1 is 1.13 bits per heavy atom. The van der Waals surface area contributed by atoms with Crippen LogP contribution in [-0.4, -0.2) is 17.4 Å². The molecule has 1 heterocycles. The van der Waals surface area contributed by atoms with Gasteiger partial charge in [0, 0.05) is 34.5 Å². The summed E-state index contributed by atoms with van der Waals surface area (Å²) in [5.74, 6) is -0.118. The Labute approximate surface area is 144 Å². The highest BCUT2D eigenvalue weighted by Gasteiger charge is 2.07. The molecule has 0 fully saturated rings. The maximum absolute atomic E-state index is 12.0. The Hall–Kier alpha value is -2.17. The molecule has 5 heteroatoms. The molecule has 0 aliphatic rings. The molecule has 23 heavy (non-hydrogen) atoms. The summed E-state index contributed by atoms with van der Waals surface area (Å²) in [5, 5.41) is 6.51. The van der Waals surface area contributed by atoms with Crippen LogP contribution in [0.4, 0.5) is 0 Å². The van der Waals surface area contributed by atoms with Crippen LogP contribution in [0.15, 0.2) is 60.0 Å². The van der Waals surface area contributed by atoms with Crippen LogP contribution in [0.5, 0.6) is 0 Å². The first-order valence-electron chi connectivity index (χ1n) is 7.26. The van der Waals surface area contributed by atoms with Gasteiger partial charge in [0.15, 0.2) is 0 Å². The Kier molecular flexibility index (Phi) is 5.05. The Morgan fingerprint density at radius 2 is 1.96 bits per heavy atom. The van der Waals surface area contributed by atoms with Crippen molar-refractivity contribution in [3.63, 3.8) is 0 Å². The molecule has 0 unspecified atom stereocenters.